The topological polar surface area (TPSA) is 49.3 Å². The summed E-state index contributed by atoms with van der Waals surface area (Å²) in [5.41, 5.74) is 0.286. The van der Waals surface area contributed by atoms with Gasteiger partial charge in [-0.05, 0) is 31.4 Å². The Hall–Kier alpha value is -1.42. The highest BCUT2D eigenvalue weighted by atomic mass is 19.1. The fourth-order valence-electron chi connectivity index (χ4n) is 1.96. The number of hydrogen-bond acceptors (Lipinski definition) is 2. The average molecular weight is 251 g/mol. The third kappa shape index (κ3) is 2.70. The first kappa shape index (κ1) is 13.0. The Morgan fingerprint density at radius 1 is 1.50 bits per heavy atom. The zero-order valence-corrected chi connectivity index (χ0v) is 10.4. The quantitative estimate of drug-likeness (QED) is 0.838. The van der Waals surface area contributed by atoms with Crippen molar-refractivity contribution in [1.29, 1.82) is 0 Å². The highest BCUT2D eigenvalue weighted by molar-refractivity contribution is 5.83. The minimum atomic E-state index is -0.513. The maximum Gasteiger partial charge on any atom is 0.227 e. The van der Waals surface area contributed by atoms with Crippen molar-refractivity contribution in [2.24, 2.45) is 5.41 Å². The van der Waals surface area contributed by atoms with Gasteiger partial charge in [-0.3, -0.25) is 4.79 Å². The second kappa shape index (κ2) is 5.06. The minimum absolute atomic E-state index is 0.0986. The molecule has 1 unspecified atom stereocenters. The van der Waals surface area contributed by atoms with Crippen molar-refractivity contribution in [3.8, 4) is 0 Å². The molecule has 2 rings (SSSR count). The number of carbonyl (C=O) groups is 1. The Morgan fingerprint density at radius 2 is 2.17 bits per heavy atom. The number of carbonyl (C=O) groups excluding carboxylic acids is 1. The van der Waals surface area contributed by atoms with E-state index in [-0.39, 0.29) is 23.7 Å². The van der Waals surface area contributed by atoms with Gasteiger partial charge in [-0.1, -0.05) is 18.2 Å². The zero-order valence-electron chi connectivity index (χ0n) is 10.4. The van der Waals surface area contributed by atoms with Crippen LogP contribution in [0.5, 0.6) is 0 Å². The molecule has 1 aliphatic carbocycles. The lowest BCUT2D eigenvalue weighted by Crippen LogP contribution is -2.34. The van der Waals surface area contributed by atoms with Crippen LogP contribution in [0.3, 0.4) is 0 Å². The second-order valence-corrected chi connectivity index (χ2v) is 5.12. The number of aliphatic hydroxyl groups is 1. The van der Waals surface area contributed by atoms with E-state index in [0.717, 1.165) is 12.8 Å². The first-order valence-electron chi connectivity index (χ1n) is 6.21. The summed E-state index contributed by atoms with van der Waals surface area (Å²) in [7, 11) is 0. The molecule has 0 aliphatic heterocycles. The van der Waals surface area contributed by atoms with Crippen LogP contribution in [0.1, 0.15) is 31.2 Å². The van der Waals surface area contributed by atoms with Crippen molar-refractivity contribution in [3.63, 3.8) is 0 Å². The molecule has 1 aromatic rings. The predicted molar refractivity (Wildman–Crippen MR) is 66.6 cm³/mol. The van der Waals surface area contributed by atoms with E-state index in [4.69, 9.17) is 5.11 Å². The highest BCUT2D eigenvalue weighted by Gasteiger charge is 2.42. The molecule has 18 heavy (non-hydrogen) atoms. The Kier molecular flexibility index (Phi) is 3.66. The maximum absolute atomic E-state index is 13.5. The maximum atomic E-state index is 13.5. The van der Waals surface area contributed by atoms with E-state index in [1.54, 1.807) is 25.1 Å². The normalized spacial score (nSPS) is 18.2. The lowest BCUT2D eigenvalue weighted by molar-refractivity contribution is -0.122. The molecule has 0 bridgehead atoms. The van der Waals surface area contributed by atoms with Crippen LogP contribution >= 0.6 is 0 Å². The summed E-state index contributed by atoms with van der Waals surface area (Å²) in [6.45, 7) is 2.26. The van der Waals surface area contributed by atoms with Crippen LogP contribution in [-0.4, -0.2) is 24.2 Å². The van der Waals surface area contributed by atoms with Crippen molar-refractivity contribution in [1.82, 2.24) is 5.32 Å². The fraction of sp³-hybridized carbons (Fsp3) is 0.500. The van der Waals surface area contributed by atoms with E-state index >= 15 is 0 Å². The molecule has 1 fully saturated rings. The summed E-state index contributed by atoms with van der Waals surface area (Å²) < 4.78 is 13.5. The van der Waals surface area contributed by atoms with Gasteiger partial charge in [0.15, 0.2) is 0 Å². The molecule has 1 amide bonds. The van der Waals surface area contributed by atoms with Crippen molar-refractivity contribution < 1.29 is 14.3 Å². The lowest BCUT2D eigenvalue weighted by Gasteiger charge is -2.16. The third-order valence-electron chi connectivity index (χ3n) is 3.70. The number of amides is 1. The standard InChI is InChI=1S/C14H18FNO2/c1-10(11-4-2-3-5-12(11)15)13(18)16-8-14(9-17)6-7-14/h2-5,10,17H,6-9H2,1H3,(H,16,18). The molecule has 1 aliphatic rings. The van der Waals surface area contributed by atoms with Gasteiger partial charge in [-0.25, -0.2) is 4.39 Å². The summed E-state index contributed by atoms with van der Waals surface area (Å²) in [5.74, 6) is -1.07. The lowest BCUT2D eigenvalue weighted by atomic mass is 9.99. The summed E-state index contributed by atoms with van der Waals surface area (Å²) in [6.07, 6.45) is 1.88. The summed E-state index contributed by atoms with van der Waals surface area (Å²) in [6, 6.07) is 6.31. The largest absolute Gasteiger partial charge is 0.396 e. The van der Waals surface area contributed by atoms with Crippen molar-refractivity contribution >= 4 is 5.91 Å². The average Bonchev–Trinajstić information content (AvgIpc) is 3.16. The molecular formula is C14H18FNO2. The van der Waals surface area contributed by atoms with Gasteiger partial charge in [0.1, 0.15) is 5.82 Å². The molecule has 1 aromatic carbocycles. The minimum Gasteiger partial charge on any atom is -0.396 e. The summed E-state index contributed by atoms with van der Waals surface area (Å²) >= 11 is 0. The molecule has 1 atom stereocenters. The van der Waals surface area contributed by atoms with Crippen LogP contribution in [0.2, 0.25) is 0 Å². The Morgan fingerprint density at radius 3 is 2.72 bits per heavy atom. The molecule has 0 aromatic heterocycles. The number of benzene rings is 1. The number of nitrogens with one attached hydrogen (secondary N) is 1. The smallest absolute Gasteiger partial charge is 0.227 e. The van der Waals surface area contributed by atoms with E-state index in [0.29, 0.717) is 12.1 Å². The van der Waals surface area contributed by atoms with Gasteiger partial charge in [0.2, 0.25) is 5.91 Å². The first-order chi connectivity index (χ1) is 8.58. The van der Waals surface area contributed by atoms with Crippen LogP contribution < -0.4 is 5.32 Å². The summed E-state index contributed by atoms with van der Waals surface area (Å²) in [5, 5.41) is 12.0. The Bertz CT molecular complexity index is 443. The molecule has 4 heteroatoms. The monoisotopic (exact) mass is 251 g/mol. The van der Waals surface area contributed by atoms with Gasteiger partial charge in [0, 0.05) is 12.0 Å². The van der Waals surface area contributed by atoms with Gasteiger partial charge in [0.05, 0.1) is 12.5 Å². The highest BCUT2D eigenvalue weighted by Crippen LogP contribution is 2.44. The van der Waals surface area contributed by atoms with E-state index in [1.165, 1.54) is 6.07 Å². The molecule has 98 valence electrons. The van der Waals surface area contributed by atoms with E-state index in [2.05, 4.69) is 5.32 Å². The van der Waals surface area contributed by atoms with E-state index in [1.807, 2.05) is 0 Å². The number of aliphatic hydroxyl groups excluding tert-OH is 1. The van der Waals surface area contributed by atoms with Crippen LogP contribution in [0.4, 0.5) is 4.39 Å². The van der Waals surface area contributed by atoms with Crippen molar-refractivity contribution in [2.45, 2.75) is 25.7 Å². The SMILES string of the molecule is CC(C(=O)NCC1(CO)CC1)c1ccccc1F. The van der Waals surface area contributed by atoms with Gasteiger partial charge in [-0.15, -0.1) is 0 Å². The molecule has 2 N–H and O–H groups in total. The van der Waals surface area contributed by atoms with E-state index in [9.17, 15) is 9.18 Å². The van der Waals surface area contributed by atoms with Crippen molar-refractivity contribution in [2.75, 3.05) is 13.2 Å². The van der Waals surface area contributed by atoms with Crippen LogP contribution in [-0.2, 0) is 4.79 Å². The number of hydrogen-bond donors (Lipinski definition) is 2. The van der Waals surface area contributed by atoms with E-state index < -0.39 is 5.92 Å². The molecule has 1 saturated carbocycles. The first-order valence-corrected chi connectivity index (χ1v) is 6.21. The molecule has 3 nitrogen and oxygen atoms in total. The van der Waals surface area contributed by atoms with Crippen LogP contribution in [0.15, 0.2) is 24.3 Å². The number of rotatable bonds is 5. The predicted octanol–water partition coefficient (Wildman–Crippen LogP) is 1.82. The molecular weight excluding hydrogens is 233 g/mol. The zero-order chi connectivity index (χ0) is 13.2. The summed E-state index contributed by atoms with van der Waals surface area (Å²) in [4.78, 5) is 11.9. The third-order valence-corrected chi connectivity index (χ3v) is 3.70. The molecule has 0 radical (unpaired) electrons. The van der Waals surface area contributed by atoms with Crippen LogP contribution in [0, 0.1) is 11.2 Å². The van der Waals surface area contributed by atoms with Gasteiger partial charge in [-0.2, -0.15) is 0 Å². The van der Waals surface area contributed by atoms with Crippen molar-refractivity contribution in [3.05, 3.63) is 35.6 Å². The molecule has 0 heterocycles. The Labute approximate surface area is 106 Å². The molecule has 0 spiro atoms. The van der Waals surface area contributed by atoms with Gasteiger partial charge < -0.3 is 10.4 Å². The number of halogens is 1. The van der Waals surface area contributed by atoms with Gasteiger partial charge in [0.25, 0.3) is 0 Å². The second-order valence-electron chi connectivity index (χ2n) is 5.12. The Balaban J connectivity index is 1.95. The fourth-order valence-corrected chi connectivity index (χ4v) is 1.96. The molecule has 0 saturated heterocycles. The van der Waals surface area contributed by atoms with Gasteiger partial charge >= 0.3 is 0 Å². The van der Waals surface area contributed by atoms with Crippen LogP contribution in [0.25, 0.3) is 0 Å².